The summed E-state index contributed by atoms with van der Waals surface area (Å²) in [6, 6.07) is 10.1. The minimum absolute atomic E-state index is 0.0669. The van der Waals surface area contributed by atoms with E-state index in [2.05, 4.69) is 11.1 Å². The second-order valence-corrected chi connectivity index (χ2v) is 4.48. The van der Waals surface area contributed by atoms with Gasteiger partial charge in [0.2, 0.25) is 5.82 Å². The standard InChI is InChI=1S/C14H16N4/c1-10-3-5-12(6-4-10)14(11(2)16)18-8-7-17-13(18)9-15/h3-8,11,14H,16H2,1-2H3. The van der Waals surface area contributed by atoms with Gasteiger partial charge in [0.15, 0.2) is 0 Å². The molecule has 2 atom stereocenters. The van der Waals surface area contributed by atoms with Gasteiger partial charge in [-0.3, -0.25) is 0 Å². The second kappa shape index (κ2) is 5.03. The molecule has 1 aromatic heterocycles. The second-order valence-electron chi connectivity index (χ2n) is 4.48. The third kappa shape index (κ3) is 2.27. The van der Waals surface area contributed by atoms with Crippen molar-refractivity contribution < 1.29 is 0 Å². The highest BCUT2D eigenvalue weighted by Gasteiger charge is 2.20. The molecule has 0 fully saturated rings. The van der Waals surface area contributed by atoms with Crippen LogP contribution in [-0.2, 0) is 0 Å². The van der Waals surface area contributed by atoms with Gasteiger partial charge in [0.05, 0.1) is 6.04 Å². The molecule has 4 heteroatoms. The Bertz CT molecular complexity index is 560. The lowest BCUT2D eigenvalue weighted by molar-refractivity contribution is 0.492. The van der Waals surface area contributed by atoms with Crippen LogP contribution in [0.15, 0.2) is 36.7 Å². The van der Waals surface area contributed by atoms with Crippen LogP contribution in [0.2, 0.25) is 0 Å². The fourth-order valence-electron chi connectivity index (χ4n) is 2.11. The first kappa shape index (κ1) is 12.3. The smallest absolute Gasteiger partial charge is 0.213 e. The molecule has 1 heterocycles. The van der Waals surface area contributed by atoms with Crippen molar-refractivity contribution in [3.05, 3.63) is 53.6 Å². The van der Waals surface area contributed by atoms with Gasteiger partial charge in [-0.25, -0.2) is 4.98 Å². The fraction of sp³-hybridized carbons (Fsp3) is 0.286. The van der Waals surface area contributed by atoms with E-state index >= 15 is 0 Å². The number of aryl methyl sites for hydroxylation is 1. The molecule has 2 rings (SSSR count). The summed E-state index contributed by atoms with van der Waals surface area (Å²) < 4.78 is 1.83. The van der Waals surface area contributed by atoms with Crippen LogP contribution in [0.5, 0.6) is 0 Å². The summed E-state index contributed by atoms with van der Waals surface area (Å²) in [6.45, 7) is 3.98. The highest BCUT2D eigenvalue weighted by atomic mass is 15.1. The molecule has 0 aliphatic heterocycles. The molecular formula is C14H16N4. The lowest BCUT2D eigenvalue weighted by Gasteiger charge is -2.23. The van der Waals surface area contributed by atoms with Crippen molar-refractivity contribution in [1.82, 2.24) is 9.55 Å². The monoisotopic (exact) mass is 240 g/mol. The molecule has 0 saturated carbocycles. The molecule has 0 bridgehead atoms. The van der Waals surface area contributed by atoms with Crippen molar-refractivity contribution >= 4 is 0 Å². The summed E-state index contributed by atoms with van der Waals surface area (Å²) in [5.74, 6) is 0.387. The predicted molar refractivity (Wildman–Crippen MR) is 69.9 cm³/mol. The number of nitrogens with two attached hydrogens (primary N) is 1. The molecule has 0 aliphatic carbocycles. The molecule has 0 radical (unpaired) electrons. The Labute approximate surface area is 107 Å². The Morgan fingerprint density at radius 3 is 2.56 bits per heavy atom. The lowest BCUT2D eigenvalue weighted by atomic mass is 9.99. The zero-order chi connectivity index (χ0) is 13.1. The maximum Gasteiger partial charge on any atom is 0.213 e. The van der Waals surface area contributed by atoms with E-state index in [1.165, 1.54) is 5.56 Å². The van der Waals surface area contributed by atoms with Crippen molar-refractivity contribution in [3.63, 3.8) is 0 Å². The number of rotatable bonds is 3. The first-order valence-electron chi connectivity index (χ1n) is 5.88. The molecule has 4 nitrogen and oxygen atoms in total. The highest BCUT2D eigenvalue weighted by molar-refractivity contribution is 5.28. The molecule has 0 saturated heterocycles. The van der Waals surface area contributed by atoms with E-state index in [0.29, 0.717) is 5.82 Å². The summed E-state index contributed by atoms with van der Waals surface area (Å²) in [6.07, 6.45) is 3.43. The summed E-state index contributed by atoms with van der Waals surface area (Å²) in [5.41, 5.74) is 8.35. The average Bonchev–Trinajstić information content (AvgIpc) is 2.79. The van der Waals surface area contributed by atoms with Crippen LogP contribution in [0.1, 0.15) is 29.9 Å². The summed E-state index contributed by atoms with van der Waals surface area (Å²) >= 11 is 0. The summed E-state index contributed by atoms with van der Waals surface area (Å²) in [4.78, 5) is 4.03. The average molecular weight is 240 g/mol. The van der Waals surface area contributed by atoms with Gasteiger partial charge in [0.25, 0.3) is 0 Å². The minimum Gasteiger partial charge on any atom is -0.326 e. The lowest BCUT2D eigenvalue weighted by Crippen LogP contribution is -2.30. The Morgan fingerprint density at radius 1 is 1.33 bits per heavy atom. The van der Waals surface area contributed by atoms with Crippen LogP contribution < -0.4 is 5.73 Å². The van der Waals surface area contributed by atoms with Crippen LogP contribution in [0.25, 0.3) is 0 Å². The van der Waals surface area contributed by atoms with Gasteiger partial charge in [-0.05, 0) is 19.4 Å². The van der Waals surface area contributed by atoms with Gasteiger partial charge in [-0.1, -0.05) is 29.8 Å². The molecular weight excluding hydrogens is 224 g/mol. The SMILES string of the molecule is Cc1ccc(C(C(C)N)n2ccnc2C#N)cc1. The van der Waals surface area contributed by atoms with Crippen LogP contribution in [0.4, 0.5) is 0 Å². The van der Waals surface area contributed by atoms with Gasteiger partial charge in [0, 0.05) is 18.4 Å². The third-order valence-corrected chi connectivity index (χ3v) is 2.99. The quantitative estimate of drug-likeness (QED) is 0.892. The van der Waals surface area contributed by atoms with E-state index in [9.17, 15) is 0 Å². The van der Waals surface area contributed by atoms with Gasteiger partial charge in [-0.15, -0.1) is 0 Å². The third-order valence-electron chi connectivity index (χ3n) is 2.99. The van der Waals surface area contributed by atoms with Gasteiger partial charge >= 0.3 is 0 Å². The van der Waals surface area contributed by atoms with E-state index in [1.54, 1.807) is 12.4 Å². The fourth-order valence-corrected chi connectivity index (χ4v) is 2.11. The molecule has 2 unspecified atom stereocenters. The summed E-state index contributed by atoms with van der Waals surface area (Å²) in [7, 11) is 0. The predicted octanol–water partition coefficient (Wildman–Crippen LogP) is 2.00. The van der Waals surface area contributed by atoms with Crippen molar-refractivity contribution in [1.29, 1.82) is 5.26 Å². The molecule has 0 aliphatic rings. The van der Waals surface area contributed by atoms with Gasteiger partial charge < -0.3 is 10.3 Å². The van der Waals surface area contributed by atoms with Crippen LogP contribution in [0.3, 0.4) is 0 Å². The Hall–Kier alpha value is -2.12. The normalized spacial score (nSPS) is 13.9. The first-order valence-corrected chi connectivity index (χ1v) is 5.88. The maximum absolute atomic E-state index is 9.05. The summed E-state index contributed by atoms with van der Waals surface area (Å²) in [5, 5.41) is 9.05. The largest absolute Gasteiger partial charge is 0.326 e. The van der Waals surface area contributed by atoms with Gasteiger partial charge in [0.1, 0.15) is 6.07 Å². The molecule has 1 aromatic carbocycles. The van der Waals surface area contributed by atoms with E-state index in [0.717, 1.165) is 5.56 Å². The van der Waals surface area contributed by atoms with E-state index in [1.807, 2.05) is 42.7 Å². The van der Waals surface area contributed by atoms with E-state index in [-0.39, 0.29) is 12.1 Å². The number of aromatic nitrogens is 2. The molecule has 0 amide bonds. The molecule has 2 N–H and O–H groups in total. The number of hydrogen-bond acceptors (Lipinski definition) is 3. The number of benzene rings is 1. The van der Waals surface area contributed by atoms with Crippen LogP contribution in [0, 0.1) is 18.3 Å². The topological polar surface area (TPSA) is 67.6 Å². The van der Waals surface area contributed by atoms with Crippen LogP contribution in [-0.4, -0.2) is 15.6 Å². The van der Waals surface area contributed by atoms with Crippen molar-refractivity contribution in [3.8, 4) is 6.07 Å². The number of imidazole rings is 1. The van der Waals surface area contributed by atoms with E-state index in [4.69, 9.17) is 11.0 Å². The minimum atomic E-state index is -0.103. The molecule has 18 heavy (non-hydrogen) atoms. The zero-order valence-electron chi connectivity index (χ0n) is 10.5. The Kier molecular flexibility index (Phi) is 3.45. The van der Waals surface area contributed by atoms with Gasteiger partial charge in [-0.2, -0.15) is 5.26 Å². The van der Waals surface area contributed by atoms with Crippen molar-refractivity contribution in [2.24, 2.45) is 5.73 Å². The number of hydrogen-bond donors (Lipinski definition) is 1. The first-order chi connectivity index (χ1) is 8.63. The Morgan fingerprint density at radius 2 is 2.00 bits per heavy atom. The number of nitrogens with zero attached hydrogens (tertiary/aromatic N) is 3. The van der Waals surface area contributed by atoms with Crippen molar-refractivity contribution in [2.45, 2.75) is 25.9 Å². The maximum atomic E-state index is 9.05. The highest BCUT2D eigenvalue weighted by Crippen LogP contribution is 2.22. The van der Waals surface area contributed by atoms with E-state index < -0.39 is 0 Å². The zero-order valence-corrected chi connectivity index (χ0v) is 10.5. The van der Waals surface area contributed by atoms with Crippen LogP contribution >= 0.6 is 0 Å². The Balaban J connectivity index is 2.47. The molecule has 2 aromatic rings. The molecule has 0 spiro atoms. The molecule has 92 valence electrons. The van der Waals surface area contributed by atoms with Crippen molar-refractivity contribution in [2.75, 3.05) is 0 Å². The number of nitriles is 1.